The fraction of sp³-hybridized carbons (Fsp3) is 0.440. The van der Waals surface area contributed by atoms with Crippen LogP contribution in [0.25, 0.3) is 22.0 Å². The van der Waals surface area contributed by atoms with Crippen molar-refractivity contribution < 1.29 is 26.7 Å². The first-order valence-corrected chi connectivity index (χ1v) is 14.0. The van der Waals surface area contributed by atoms with Crippen molar-refractivity contribution in [3.8, 4) is 11.1 Å². The molecule has 0 aliphatic carbocycles. The lowest BCUT2D eigenvalue weighted by Crippen LogP contribution is -2.37. The molecule has 2 saturated heterocycles. The highest BCUT2D eigenvalue weighted by Crippen LogP contribution is 2.39. The summed E-state index contributed by atoms with van der Waals surface area (Å²) in [5.74, 6) is -0.0565. The van der Waals surface area contributed by atoms with Crippen molar-refractivity contribution in [3.63, 3.8) is 0 Å². The largest absolute Gasteiger partial charge is 0.378 e. The Morgan fingerprint density at radius 3 is 2.39 bits per heavy atom. The molecular formula is C25H28ClF2N5O4S. The SMILES string of the molecule is O=[SH](=O)NCCC(F)c1cccc(-c2cc(N3CCOCC3)c3nc(Cl)nc(N4CCOCC4)c3c2)c1F. The van der Waals surface area contributed by atoms with Gasteiger partial charge in [0.05, 0.1) is 32.1 Å². The summed E-state index contributed by atoms with van der Waals surface area (Å²) in [6.45, 7) is 4.53. The second-order valence-corrected chi connectivity index (χ2v) is 10.2. The summed E-state index contributed by atoms with van der Waals surface area (Å²) in [5, 5.41) is 0.823. The normalized spacial score (nSPS) is 17.4. The fourth-order valence-electron chi connectivity index (χ4n) is 4.84. The molecule has 9 nitrogen and oxygen atoms in total. The van der Waals surface area contributed by atoms with E-state index < -0.39 is 22.9 Å². The van der Waals surface area contributed by atoms with E-state index in [0.717, 1.165) is 5.69 Å². The van der Waals surface area contributed by atoms with Crippen LogP contribution in [0.5, 0.6) is 0 Å². The minimum Gasteiger partial charge on any atom is -0.378 e. The molecule has 5 rings (SSSR count). The van der Waals surface area contributed by atoms with Crippen LogP contribution >= 0.6 is 11.6 Å². The predicted octanol–water partition coefficient (Wildman–Crippen LogP) is 3.28. The minimum absolute atomic E-state index is 0.114. The van der Waals surface area contributed by atoms with Crippen molar-refractivity contribution in [2.75, 3.05) is 69.0 Å². The highest BCUT2D eigenvalue weighted by Gasteiger charge is 2.24. The molecule has 1 unspecified atom stereocenters. The smallest absolute Gasteiger partial charge is 0.224 e. The molecule has 0 saturated carbocycles. The predicted molar refractivity (Wildman–Crippen MR) is 143 cm³/mol. The van der Waals surface area contributed by atoms with Crippen LogP contribution in [0, 0.1) is 5.82 Å². The monoisotopic (exact) mass is 567 g/mol. The van der Waals surface area contributed by atoms with Gasteiger partial charge in [0.15, 0.2) is 0 Å². The number of alkyl halides is 1. The van der Waals surface area contributed by atoms with Gasteiger partial charge in [-0.25, -0.2) is 26.9 Å². The van der Waals surface area contributed by atoms with E-state index in [9.17, 15) is 12.8 Å². The first-order valence-electron chi connectivity index (χ1n) is 12.4. The van der Waals surface area contributed by atoms with E-state index >= 15 is 4.39 Å². The van der Waals surface area contributed by atoms with E-state index in [1.54, 1.807) is 12.1 Å². The zero-order chi connectivity index (χ0) is 26.6. The summed E-state index contributed by atoms with van der Waals surface area (Å²) in [7, 11) is -2.85. The number of anilines is 2. The molecule has 0 amide bonds. The van der Waals surface area contributed by atoms with Crippen LogP contribution in [0.3, 0.4) is 0 Å². The van der Waals surface area contributed by atoms with Gasteiger partial charge in [0.1, 0.15) is 23.3 Å². The Morgan fingerprint density at radius 2 is 1.71 bits per heavy atom. The van der Waals surface area contributed by atoms with Crippen molar-refractivity contribution in [1.29, 1.82) is 0 Å². The summed E-state index contributed by atoms with van der Waals surface area (Å²) >= 11 is 6.38. The number of thiol groups is 1. The van der Waals surface area contributed by atoms with Gasteiger partial charge >= 0.3 is 0 Å². The van der Waals surface area contributed by atoms with E-state index in [-0.39, 0.29) is 29.4 Å². The van der Waals surface area contributed by atoms with Gasteiger partial charge in [0, 0.05) is 49.2 Å². The minimum atomic E-state index is -2.85. The molecule has 1 N–H and O–H groups in total. The summed E-state index contributed by atoms with van der Waals surface area (Å²) < 4.78 is 65.4. The summed E-state index contributed by atoms with van der Waals surface area (Å²) in [6, 6.07) is 8.25. The number of nitrogens with zero attached hydrogens (tertiary/aromatic N) is 4. The van der Waals surface area contributed by atoms with Crippen LogP contribution in [0.15, 0.2) is 30.3 Å². The zero-order valence-corrected chi connectivity index (χ0v) is 22.2. The molecule has 38 heavy (non-hydrogen) atoms. The van der Waals surface area contributed by atoms with Crippen molar-refractivity contribution in [3.05, 3.63) is 47.0 Å². The van der Waals surface area contributed by atoms with Gasteiger partial charge in [-0.3, -0.25) is 0 Å². The van der Waals surface area contributed by atoms with Crippen molar-refractivity contribution in [1.82, 2.24) is 14.7 Å². The number of benzene rings is 2. The zero-order valence-electron chi connectivity index (χ0n) is 20.5. The van der Waals surface area contributed by atoms with Gasteiger partial charge in [0.25, 0.3) is 0 Å². The number of hydrogen-bond acceptors (Lipinski definition) is 8. The molecule has 2 fully saturated rings. The third kappa shape index (κ3) is 5.84. The van der Waals surface area contributed by atoms with Gasteiger partial charge in [-0.1, -0.05) is 18.2 Å². The van der Waals surface area contributed by atoms with E-state index in [4.69, 9.17) is 21.1 Å². The standard InChI is InChI=1S/C25H28ClF2N5O4S/c26-25-30-23-19(24(31-25)33-8-12-37-13-9-33)14-16(15-21(23)32-6-10-36-11-7-32)17-2-1-3-18(22(17)28)20(27)4-5-29-38(34)35/h1-3,14-15,20,38H,4-13H2,(H,29,34,35). The number of halogens is 3. The van der Waals surface area contributed by atoms with Gasteiger partial charge in [-0.15, -0.1) is 0 Å². The second kappa shape index (κ2) is 12.0. The molecule has 0 spiro atoms. The molecular weight excluding hydrogens is 540 g/mol. The van der Waals surface area contributed by atoms with Gasteiger partial charge in [-0.2, -0.15) is 4.98 Å². The quantitative estimate of drug-likeness (QED) is 0.316. The maximum absolute atomic E-state index is 15.8. The van der Waals surface area contributed by atoms with Crippen molar-refractivity contribution in [2.45, 2.75) is 12.6 Å². The summed E-state index contributed by atoms with van der Waals surface area (Å²) in [4.78, 5) is 13.3. The van der Waals surface area contributed by atoms with Gasteiger partial charge in [-0.05, 0) is 35.7 Å². The Balaban J connectivity index is 1.63. The van der Waals surface area contributed by atoms with Crippen LogP contribution in [-0.2, 0) is 20.4 Å². The first kappa shape index (κ1) is 26.9. The molecule has 0 bridgehead atoms. The molecule has 2 aliphatic heterocycles. The summed E-state index contributed by atoms with van der Waals surface area (Å²) in [6.07, 6.45) is -1.86. The molecule has 1 atom stereocenters. The topological polar surface area (TPSA) is 96.9 Å². The van der Waals surface area contributed by atoms with Gasteiger partial charge < -0.3 is 19.3 Å². The number of rotatable bonds is 8. The number of hydrogen-bond donors (Lipinski definition) is 2. The average molecular weight is 568 g/mol. The van der Waals surface area contributed by atoms with Crippen LogP contribution in [-0.4, -0.2) is 77.5 Å². The first-order chi connectivity index (χ1) is 18.4. The molecule has 1 aromatic heterocycles. The Hall–Kier alpha value is -2.64. The van der Waals surface area contributed by atoms with Crippen LogP contribution in [0.2, 0.25) is 5.28 Å². The second-order valence-electron chi connectivity index (χ2n) is 9.04. The molecule has 2 aliphatic rings. The average Bonchev–Trinajstić information content (AvgIpc) is 2.93. The molecule has 0 radical (unpaired) electrons. The number of aromatic nitrogens is 2. The third-order valence-corrected chi connectivity index (χ3v) is 7.36. The lowest BCUT2D eigenvalue weighted by molar-refractivity contribution is 0.122. The Morgan fingerprint density at radius 1 is 1.03 bits per heavy atom. The summed E-state index contributed by atoms with van der Waals surface area (Å²) in [5.41, 5.74) is 2.07. The third-order valence-electron chi connectivity index (χ3n) is 6.71. The lowest BCUT2D eigenvalue weighted by Gasteiger charge is -2.32. The van der Waals surface area contributed by atoms with E-state index in [0.29, 0.717) is 74.9 Å². The van der Waals surface area contributed by atoms with E-state index in [2.05, 4.69) is 24.5 Å². The van der Waals surface area contributed by atoms with Gasteiger partial charge in [0.2, 0.25) is 16.2 Å². The van der Waals surface area contributed by atoms with E-state index in [1.807, 2.05) is 12.1 Å². The lowest BCUT2D eigenvalue weighted by atomic mass is 9.96. The highest BCUT2D eigenvalue weighted by atomic mass is 35.5. The van der Waals surface area contributed by atoms with Crippen molar-refractivity contribution in [2.24, 2.45) is 0 Å². The Labute approximate surface area is 225 Å². The highest BCUT2D eigenvalue weighted by molar-refractivity contribution is 7.70. The Kier molecular flexibility index (Phi) is 8.54. The molecule has 204 valence electrons. The van der Waals surface area contributed by atoms with E-state index in [1.165, 1.54) is 6.07 Å². The Bertz CT molecular complexity index is 1380. The van der Waals surface area contributed by atoms with Crippen LogP contribution in [0.1, 0.15) is 18.2 Å². The fourth-order valence-corrected chi connectivity index (χ4v) is 5.32. The van der Waals surface area contributed by atoms with Crippen molar-refractivity contribution >= 4 is 44.9 Å². The molecule has 13 heteroatoms. The number of ether oxygens (including phenoxy) is 2. The maximum atomic E-state index is 15.8. The molecule has 2 aromatic carbocycles. The number of morpholine rings is 2. The molecule has 3 heterocycles. The number of nitrogens with one attached hydrogen (secondary N) is 1. The van der Waals surface area contributed by atoms with Crippen LogP contribution in [0.4, 0.5) is 20.3 Å². The maximum Gasteiger partial charge on any atom is 0.224 e. The van der Waals surface area contributed by atoms with Crippen LogP contribution < -0.4 is 14.5 Å². The molecule has 3 aromatic rings. The number of fused-ring (bicyclic) bond motifs is 1.